The van der Waals surface area contributed by atoms with E-state index < -0.39 is 0 Å². The van der Waals surface area contributed by atoms with Crippen molar-refractivity contribution in [1.82, 2.24) is 9.66 Å². The molecule has 3 rings (SSSR count). The Morgan fingerprint density at radius 3 is 2.61 bits per heavy atom. The molecule has 0 aliphatic heterocycles. The zero-order valence-electron chi connectivity index (χ0n) is 12.5. The summed E-state index contributed by atoms with van der Waals surface area (Å²) in [6.45, 7) is 1.88. The molecule has 0 bridgehead atoms. The van der Waals surface area contributed by atoms with Crippen LogP contribution in [0.4, 0.5) is 5.95 Å². The predicted octanol–water partition coefficient (Wildman–Crippen LogP) is 4.46. The van der Waals surface area contributed by atoms with Gasteiger partial charge in [-0.3, -0.25) is 0 Å². The van der Waals surface area contributed by atoms with Crippen LogP contribution in [-0.4, -0.2) is 15.9 Å². The molecule has 0 radical (unpaired) electrons. The van der Waals surface area contributed by atoms with Crippen molar-refractivity contribution >= 4 is 35.5 Å². The van der Waals surface area contributed by atoms with Gasteiger partial charge in [0.25, 0.3) is 0 Å². The van der Waals surface area contributed by atoms with Crippen molar-refractivity contribution < 1.29 is 0 Å². The lowest BCUT2D eigenvalue weighted by Gasteiger charge is -2.05. The van der Waals surface area contributed by atoms with Crippen LogP contribution in [0.15, 0.2) is 69.6 Å². The number of rotatable bonds is 4. The highest BCUT2D eigenvalue weighted by Gasteiger charge is 2.03. The van der Waals surface area contributed by atoms with Crippen molar-refractivity contribution in [3.05, 3.63) is 71.0 Å². The molecular formula is C17H15ClN4S. The van der Waals surface area contributed by atoms with E-state index in [4.69, 9.17) is 17.3 Å². The average Bonchev–Trinajstić information content (AvgIpc) is 2.86. The first-order valence-electron chi connectivity index (χ1n) is 7.00. The van der Waals surface area contributed by atoms with Crippen molar-refractivity contribution in [2.24, 2.45) is 5.10 Å². The Morgan fingerprint density at radius 1 is 1.17 bits per heavy atom. The largest absolute Gasteiger partial charge is 0.368 e. The molecule has 1 aromatic heterocycles. The van der Waals surface area contributed by atoms with Crippen LogP contribution in [0.3, 0.4) is 0 Å². The Hall–Kier alpha value is -2.24. The number of hydrogen-bond donors (Lipinski definition) is 1. The van der Waals surface area contributed by atoms with E-state index in [2.05, 4.69) is 16.2 Å². The van der Waals surface area contributed by atoms with Crippen LogP contribution >= 0.6 is 23.4 Å². The van der Waals surface area contributed by atoms with E-state index in [1.54, 1.807) is 28.8 Å². The molecule has 0 aliphatic carbocycles. The fraction of sp³-hybridized carbons (Fsp3) is 0.0588. The van der Waals surface area contributed by atoms with Gasteiger partial charge < -0.3 is 5.73 Å². The second-order valence-corrected chi connectivity index (χ2v) is 6.48. The SMILES string of the molecule is Cc1cn(N=Cc2ccccc2Sc2ccc(Cl)cc2)c(N)n1. The van der Waals surface area contributed by atoms with Crippen LogP contribution in [0.1, 0.15) is 11.3 Å². The van der Waals surface area contributed by atoms with Crippen LogP contribution in [0, 0.1) is 6.92 Å². The average molecular weight is 343 g/mol. The minimum Gasteiger partial charge on any atom is -0.368 e. The van der Waals surface area contributed by atoms with E-state index >= 15 is 0 Å². The summed E-state index contributed by atoms with van der Waals surface area (Å²) in [6.07, 6.45) is 3.58. The van der Waals surface area contributed by atoms with Gasteiger partial charge in [0.05, 0.1) is 18.1 Å². The van der Waals surface area contributed by atoms with E-state index in [1.165, 1.54) is 0 Å². The normalized spacial score (nSPS) is 11.2. The number of hydrogen-bond acceptors (Lipinski definition) is 4. The van der Waals surface area contributed by atoms with Gasteiger partial charge in [-0.05, 0) is 37.3 Å². The highest BCUT2D eigenvalue weighted by molar-refractivity contribution is 7.99. The van der Waals surface area contributed by atoms with E-state index in [0.717, 1.165) is 26.1 Å². The van der Waals surface area contributed by atoms with E-state index in [-0.39, 0.29) is 0 Å². The molecule has 23 heavy (non-hydrogen) atoms. The molecule has 2 aromatic carbocycles. The first-order valence-corrected chi connectivity index (χ1v) is 8.19. The molecule has 1 heterocycles. The molecule has 0 saturated carbocycles. The van der Waals surface area contributed by atoms with Gasteiger partial charge in [-0.15, -0.1) is 0 Å². The van der Waals surface area contributed by atoms with Crippen LogP contribution in [0.2, 0.25) is 5.02 Å². The summed E-state index contributed by atoms with van der Waals surface area (Å²) in [4.78, 5) is 6.36. The maximum atomic E-state index is 5.93. The van der Waals surface area contributed by atoms with Gasteiger partial charge in [0.15, 0.2) is 0 Å². The molecule has 0 aliphatic rings. The maximum Gasteiger partial charge on any atom is 0.221 e. The number of aryl methyl sites for hydroxylation is 1. The summed E-state index contributed by atoms with van der Waals surface area (Å²) < 4.78 is 1.57. The highest BCUT2D eigenvalue weighted by Crippen LogP contribution is 2.30. The second-order valence-electron chi connectivity index (χ2n) is 4.92. The fourth-order valence-electron chi connectivity index (χ4n) is 2.03. The minimum atomic E-state index is 0.376. The quantitative estimate of drug-likeness (QED) is 0.712. The molecule has 0 fully saturated rings. The molecule has 6 heteroatoms. The van der Waals surface area contributed by atoms with Crippen molar-refractivity contribution in [2.75, 3.05) is 5.73 Å². The summed E-state index contributed by atoms with van der Waals surface area (Å²) in [6, 6.07) is 15.8. The Kier molecular flexibility index (Phi) is 4.69. The summed E-state index contributed by atoms with van der Waals surface area (Å²) >= 11 is 7.59. The highest BCUT2D eigenvalue weighted by atomic mass is 35.5. The van der Waals surface area contributed by atoms with Crippen molar-refractivity contribution in [2.45, 2.75) is 16.7 Å². The topological polar surface area (TPSA) is 56.2 Å². The monoisotopic (exact) mass is 342 g/mol. The fourth-order valence-corrected chi connectivity index (χ4v) is 3.07. The number of benzene rings is 2. The number of aromatic nitrogens is 2. The Bertz CT molecular complexity index is 840. The summed E-state index contributed by atoms with van der Waals surface area (Å²) in [5.41, 5.74) is 7.65. The maximum absolute atomic E-state index is 5.93. The van der Waals surface area contributed by atoms with Gasteiger partial charge in [0.1, 0.15) is 0 Å². The summed E-state index contributed by atoms with van der Waals surface area (Å²) in [5.74, 6) is 0.376. The number of nitrogens with two attached hydrogens (primary N) is 1. The van der Waals surface area contributed by atoms with Crippen LogP contribution < -0.4 is 5.73 Å². The smallest absolute Gasteiger partial charge is 0.221 e. The van der Waals surface area contributed by atoms with Crippen LogP contribution in [0.5, 0.6) is 0 Å². The third-order valence-electron chi connectivity index (χ3n) is 3.12. The van der Waals surface area contributed by atoms with Crippen molar-refractivity contribution in [3.8, 4) is 0 Å². The predicted molar refractivity (Wildman–Crippen MR) is 96.4 cm³/mol. The third-order valence-corrected chi connectivity index (χ3v) is 4.47. The number of anilines is 1. The molecule has 0 atom stereocenters. The van der Waals surface area contributed by atoms with E-state index in [1.807, 2.05) is 49.4 Å². The van der Waals surface area contributed by atoms with E-state index in [0.29, 0.717) is 5.95 Å². The Balaban J connectivity index is 1.85. The molecule has 0 amide bonds. The van der Waals surface area contributed by atoms with Crippen LogP contribution in [-0.2, 0) is 0 Å². The van der Waals surface area contributed by atoms with Gasteiger partial charge in [-0.2, -0.15) is 5.10 Å². The van der Waals surface area contributed by atoms with Crippen LogP contribution in [0.25, 0.3) is 0 Å². The molecule has 0 saturated heterocycles. The molecule has 116 valence electrons. The molecule has 0 unspecified atom stereocenters. The van der Waals surface area contributed by atoms with Gasteiger partial charge in [0, 0.05) is 20.4 Å². The zero-order valence-corrected chi connectivity index (χ0v) is 14.1. The molecule has 0 spiro atoms. The van der Waals surface area contributed by atoms with Crippen molar-refractivity contribution in [3.63, 3.8) is 0 Å². The van der Waals surface area contributed by atoms with Gasteiger partial charge in [0.2, 0.25) is 5.95 Å². The first kappa shape index (κ1) is 15.6. The number of halogens is 1. The van der Waals surface area contributed by atoms with Crippen molar-refractivity contribution in [1.29, 1.82) is 0 Å². The third kappa shape index (κ3) is 3.94. The first-order chi connectivity index (χ1) is 11.1. The second kappa shape index (κ2) is 6.89. The lowest BCUT2D eigenvalue weighted by molar-refractivity contribution is 0.896. The molecular weight excluding hydrogens is 328 g/mol. The number of imidazole rings is 1. The molecule has 4 nitrogen and oxygen atoms in total. The Labute approximate surface area is 144 Å². The zero-order chi connectivity index (χ0) is 16.2. The van der Waals surface area contributed by atoms with E-state index in [9.17, 15) is 0 Å². The number of nitrogen functional groups attached to an aromatic ring is 1. The van der Waals surface area contributed by atoms with Gasteiger partial charge in [-0.1, -0.05) is 41.6 Å². The van der Waals surface area contributed by atoms with Gasteiger partial charge in [-0.25, -0.2) is 9.66 Å². The Morgan fingerprint density at radius 2 is 1.91 bits per heavy atom. The standard InChI is InChI=1S/C17H15ClN4S/c1-12-11-22(17(19)21-12)20-10-13-4-2-3-5-16(13)23-15-8-6-14(18)7-9-15/h2-11H,1H3,(H2,19,21). The lowest BCUT2D eigenvalue weighted by atomic mass is 10.2. The summed E-state index contributed by atoms with van der Waals surface area (Å²) in [5, 5.41) is 5.11. The lowest BCUT2D eigenvalue weighted by Crippen LogP contribution is -1.97. The van der Waals surface area contributed by atoms with Gasteiger partial charge >= 0.3 is 0 Å². The minimum absolute atomic E-state index is 0.376. The number of nitrogens with zero attached hydrogens (tertiary/aromatic N) is 3. The summed E-state index contributed by atoms with van der Waals surface area (Å²) in [7, 11) is 0. The molecule has 3 aromatic rings. The molecule has 2 N–H and O–H groups in total.